The van der Waals surface area contributed by atoms with Gasteiger partial charge in [-0.15, -0.1) is 0 Å². The maximum absolute atomic E-state index is 5.00. The fourth-order valence-electron chi connectivity index (χ4n) is 2.54. The molecule has 1 aromatic rings. The Kier molecular flexibility index (Phi) is 5.08. The topological polar surface area (TPSA) is 47.0 Å². The van der Waals surface area contributed by atoms with Crippen LogP contribution in [0.2, 0.25) is 0 Å². The number of nitrogens with zero attached hydrogens (tertiary/aromatic N) is 2. The Hall–Kier alpha value is -1.00. The second-order valence-electron chi connectivity index (χ2n) is 5.19. The maximum Gasteiger partial charge on any atom is 0.131 e. The highest BCUT2D eigenvalue weighted by Crippen LogP contribution is 2.36. The summed E-state index contributed by atoms with van der Waals surface area (Å²) in [7, 11) is 1.71. The van der Waals surface area contributed by atoms with Crippen LogP contribution in [0.3, 0.4) is 0 Å². The lowest BCUT2D eigenvalue weighted by Crippen LogP contribution is -2.19. The molecule has 18 heavy (non-hydrogen) atoms. The number of methoxy groups -OCH3 is 1. The van der Waals surface area contributed by atoms with Crippen molar-refractivity contribution in [2.45, 2.75) is 38.6 Å². The van der Waals surface area contributed by atoms with Crippen molar-refractivity contribution in [2.75, 3.05) is 20.3 Å². The van der Waals surface area contributed by atoms with Gasteiger partial charge in [0.25, 0.3) is 0 Å². The first-order chi connectivity index (χ1) is 8.79. The van der Waals surface area contributed by atoms with E-state index in [1.165, 1.54) is 19.3 Å². The van der Waals surface area contributed by atoms with Crippen LogP contribution in [0.5, 0.6) is 0 Å². The Morgan fingerprint density at radius 1 is 1.44 bits per heavy atom. The SMILES string of the molecule is COCCNCc1ccnc(C2CCC(C)C2)n1. The Morgan fingerprint density at radius 2 is 2.33 bits per heavy atom. The molecule has 4 heteroatoms. The third-order valence-corrected chi connectivity index (χ3v) is 3.58. The zero-order chi connectivity index (χ0) is 12.8. The molecule has 1 saturated carbocycles. The number of nitrogens with one attached hydrogen (secondary N) is 1. The maximum atomic E-state index is 5.00. The summed E-state index contributed by atoms with van der Waals surface area (Å²) in [5.41, 5.74) is 1.08. The van der Waals surface area contributed by atoms with Crippen LogP contribution >= 0.6 is 0 Å². The molecule has 2 rings (SSSR count). The van der Waals surface area contributed by atoms with Crippen LogP contribution in [0.25, 0.3) is 0 Å². The zero-order valence-corrected chi connectivity index (χ0v) is 11.4. The van der Waals surface area contributed by atoms with E-state index in [1.807, 2.05) is 12.3 Å². The van der Waals surface area contributed by atoms with E-state index in [2.05, 4.69) is 22.2 Å². The minimum atomic E-state index is 0.568. The van der Waals surface area contributed by atoms with E-state index < -0.39 is 0 Å². The largest absolute Gasteiger partial charge is 0.383 e. The van der Waals surface area contributed by atoms with Crippen molar-refractivity contribution in [1.29, 1.82) is 0 Å². The molecular formula is C14H23N3O. The van der Waals surface area contributed by atoms with Crippen LogP contribution in [0.15, 0.2) is 12.3 Å². The standard InChI is InChI=1S/C14H23N3O/c1-11-3-4-12(9-11)14-16-6-5-13(17-14)10-15-7-8-18-2/h5-6,11-12,15H,3-4,7-10H2,1-2H3. The summed E-state index contributed by atoms with van der Waals surface area (Å²) < 4.78 is 5.00. The van der Waals surface area contributed by atoms with Crippen LogP contribution in [-0.4, -0.2) is 30.2 Å². The molecule has 1 fully saturated rings. The molecule has 2 atom stereocenters. The molecule has 1 aromatic heterocycles. The fraction of sp³-hybridized carbons (Fsp3) is 0.714. The highest BCUT2D eigenvalue weighted by Gasteiger charge is 2.24. The molecule has 100 valence electrons. The Balaban J connectivity index is 1.89. The third kappa shape index (κ3) is 3.75. The van der Waals surface area contributed by atoms with Crippen LogP contribution in [0, 0.1) is 5.92 Å². The van der Waals surface area contributed by atoms with Crippen LogP contribution in [0.4, 0.5) is 0 Å². The smallest absolute Gasteiger partial charge is 0.131 e. The van der Waals surface area contributed by atoms with Crippen molar-refractivity contribution in [2.24, 2.45) is 5.92 Å². The van der Waals surface area contributed by atoms with Gasteiger partial charge in [0.1, 0.15) is 5.82 Å². The summed E-state index contributed by atoms with van der Waals surface area (Å²) in [5.74, 6) is 2.42. The van der Waals surface area contributed by atoms with Crippen molar-refractivity contribution in [3.05, 3.63) is 23.8 Å². The van der Waals surface area contributed by atoms with E-state index in [1.54, 1.807) is 7.11 Å². The summed E-state index contributed by atoms with van der Waals surface area (Å²) in [6.45, 7) is 4.70. The number of hydrogen-bond acceptors (Lipinski definition) is 4. The van der Waals surface area contributed by atoms with Crippen LogP contribution in [0.1, 0.15) is 43.6 Å². The molecule has 0 radical (unpaired) electrons. The van der Waals surface area contributed by atoms with Gasteiger partial charge in [0.2, 0.25) is 0 Å². The van der Waals surface area contributed by atoms with Crippen molar-refractivity contribution in [3.63, 3.8) is 0 Å². The van der Waals surface area contributed by atoms with E-state index in [-0.39, 0.29) is 0 Å². The van der Waals surface area contributed by atoms with Crippen LogP contribution in [-0.2, 0) is 11.3 Å². The highest BCUT2D eigenvalue weighted by atomic mass is 16.5. The minimum Gasteiger partial charge on any atom is -0.383 e. The highest BCUT2D eigenvalue weighted by molar-refractivity contribution is 5.07. The van der Waals surface area contributed by atoms with Crippen molar-refractivity contribution in [3.8, 4) is 0 Å². The van der Waals surface area contributed by atoms with Gasteiger partial charge < -0.3 is 10.1 Å². The average Bonchev–Trinajstić information content (AvgIpc) is 2.82. The van der Waals surface area contributed by atoms with Gasteiger partial charge in [-0.1, -0.05) is 6.92 Å². The van der Waals surface area contributed by atoms with E-state index >= 15 is 0 Å². The summed E-state index contributed by atoms with van der Waals surface area (Å²) in [5, 5.41) is 3.31. The van der Waals surface area contributed by atoms with E-state index in [0.29, 0.717) is 5.92 Å². The molecular weight excluding hydrogens is 226 g/mol. The van der Waals surface area contributed by atoms with E-state index in [9.17, 15) is 0 Å². The molecule has 1 heterocycles. The molecule has 0 aliphatic heterocycles. The Bertz CT molecular complexity index is 370. The molecule has 0 bridgehead atoms. The van der Waals surface area contributed by atoms with Gasteiger partial charge in [-0.3, -0.25) is 0 Å². The zero-order valence-electron chi connectivity index (χ0n) is 11.4. The van der Waals surface area contributed by atoms with Crippen molar-refractivity contribution >= 4 is 0 Å². The second kappa shape index (κ2) is 6.81. The van der Waals surface area contributed by atoms with E-state index in [0.717, 1.165) is 37.1 Å². The van der Waals surface area contributed by atoms with Gasteiger partial charge in [-0.2, -0.15) is 0 Å². The van der Waals surface area contributed by atoms with Gasteiger partial charge in [-0.25, -0.2) is 9.97 Å². The van der Waals surface area contributed by atoms with Gasteiger partial charge in [0.15, 0.2) is 0 Å². The minimum absolute atomic E-state index is 0.568. The van der Waals surface area contributed by atoms with Gasteiger partial charge >= 0.3 is 0 Å². The Labute approximate surface area is 109 Å². The summed E-state index contributed by atoms with van der Waals surface area (Å²) in [6, 6.07) is 1.99. The normalized spacial score (nSPS) is 23.4. The molecule has 1 aliphatic rings. The van der Waals surface area contributed by atoms with Crippen molar-refractivity contribution in [1.82, 2.24) is 15.3 Å². The summed E-state index contributed by atoms with van der Waals surface area (Å²) in [6.07, 6.45) is 5.67. The quantitative estimate of drug-likeness (QED) is 0.784. The number of hydrogen-bond donors (Lipinski definition) is 1. The first kappa shape index (κ1) is 13.4. The first-order valence-corrected chi connectivity index (χ1v) is 6.81. The van der Waals surface area contributed by atoms with Gasteiger partial charge in [0, 0.05) is 32.3 Å². The lowest BCUT2D eigenvalue weighted by molar-refractivity contribution is 0.199. The van der Waals surface area contributed by atoms with Crippen LogP contribution < -0.4 is 5.32 Å². The molecule has 0 aromatic carbocycles. The molecule has 1 N–H and O–H groups in total. The predicted octanol–water partition coefficient (Wildman–Crippen LogP) is 2.12. The lowest BCUT2D eigenvalue weighted by atomic mass is 10.1. The Morgan fingerprint density at radius 3 is 3.06 bits per heavy atom. The van der Waals surface area contributed by atoms with Gasteiger partial charge in [0.05, 0.1) is 12.3 Å². The van der Waals surface area contributed by atoms with Crippen molar-refractivity contribution < 1.29 is 4.74 Å². The first-order valence-electron chi connectivity index (χ1n) is 6.81. The average molecular weight is 249 g/mol. The number of rotatable bonds is 6. The molecule has 0 saturated heterocycles. The van der Waals surface area contributed by atoms with E-state index in [4.69, 9.17) is 4.74 Å². The fourth-order valence-corrected chi connectivity index (χ4v) is 2.54. The second-order valence-corrected chi connectivity index (χ2v) is 5.19. The number of aromatic nitrogens is 2. The third-order valence-electron chi connectivity index (χ3n) is 3.58. The monoisotopic (exact) mass is 249 g/mol. The predicted molar refractivity (Wildman–Crippen MR) is 71.4 cm³/mol. The molecule has 0 amide bonds. The molecule has 2 unspecified atom stereocenters. The number of ether oxygens (including phenoxy) is 1. The molecule has 1 aliphatic carbocycles. The lowest BCUT2D eigenvalue weighted by Gasteiger charge is -2.10. The summed E-state index contributed by atoms with van der Waals surface area (Å²) in [4.78, 5) is 9.11. The van der Waals surface area contributed by atoms with Gasteiger partial charge in [-0.05, 0) is 31.2 Å². The molecule has 0 spiro atoms. The summed E-state index contributed by atoms with van der Waals surface area (Å²) >= 11 is 0. The molecule has 4 nitrogen and oxygen atoms in total.